The number of amides is 1. The van der Waals surface area contributed by atoms with Crippen LogP contribution in [-0.2, 0) is 12.8 Å². The van der Waals surface area contributed by atoms with E-state index in [-0.39, 0.29) is 11.9 Å². The van der Waals surface area contributed by atoms with Gasteiger partial charge in [0.25, 0.3) is 5.91 Å². The zero-order valence-corrected chi connectivity index (χ0v) is 15.1. The fourth-order valence-electron chi connectivity index (χ4n) is 4.07. The van der Waals surface area contributed by atoms with Crippen molar-refractivity contribution in [3.63, 3.8) is 0 Å². The normalized spacial score (nSPS) is 18.7. The van der Waals surface area contributed by atoms with Crippen LogP contribution in [0.4, 0.5) is 0 Å². The molecule has 0 aliphatic heterocycles. The maximum absolute atomic E-state index is 13.3. The molecule has 2 aromatic heterocycles. The number of nitrogens with zero attached hydrogens (tertiary/aromatic N) is 3. The van der Waals surface area contributed by atoms with E-state index in [2.05, 4.69) is 32.2 Å². The summed E-state index contributed by atoms with van der Waals surface area (Å²) in [5.41, 5.74) is 5.16. The third kappa shape index (κ3) is 3.14. The summed E-state index contributed by atoms with van der Waals surface area (Å²) in [6.07, 6.45) is 8.74. The largest absolute Gasteiger partial charge is 0.331 e. The van der Waals surface area contributed by atoms with Crippen LogP contribution in [0.25, 0.3) is 11.1 Å². The molecule has 1 unspecified atom stereocenters. The van der Waals surface area contributed by atoms with Crippen LogP contribution in [0.3, 0.4) is 0 Å². The van der Waals surface area contributed by atoms with Crippen molar-refractivity contribution in [2.45, 2.75) is 44.2 Å². The van der Waals surface area contributed by atoms with Crippen molar-refractivity contribution in [3.05, 3.63) is 71.8 Å². The highest BCUT2D eigenvalue weighted by molar-refractivity contribution is 5.93. The minimum absolute atomic E-state index is 0.0639. The van der Waals surface area contributed by atoms with Gasteiger partial charge in [0.15, 0.2) is 0 Å². The summed E-state index contributed by atoms with van der Waals surface area (Å²) in [5.74, 6) is 0.0639. The summed E-state index contributed by atoms with van der Waals surface area (Å²) in [6.45, 7) is 0. The summed E-state index contributed by atoms with van der Waals surface area (Å²) >= 11 is 0. The molecule has 5 rings (SSSR count). The lowest BCUT2D eigenvalue weighted by atomic mass is 9.92. The number of hydrogen-bond acceptors (Lipinski definition) is 3. The van der Waals surface area contributed by atoms with E-state index >= 15 is 0 Å². The van der Waals surface area contributed by atoms with Crippen molar-refractivity contribution in [3.8, 4) is 11.1 Å². The van der Waals surface area contributed by atoms with Crippen molar-refractivity contribution in [2.75, 3.05) is 0 Å². The van der Waals surface area contributed by atoms with Crippen LogP contribution in [0.2, 0.25) is 0 Å². The number of carbonyl (C=O) groups excluding carboxylic acids is 1. The smallest absolute Gasteiger partial charge is 0.272 e. The molecule has 5 heteroatoms. The highest BCUT2D eigenvalue weighted by atomic mass is 16.2. The van der Waals surface area contributed by atoms with Gasteiger partial charge in [0, 0.05) is 29.5 Å². The first-order chi connectivity index (χ1) is 13.3. The van der Waals surface area contributed by atoms with Crippen molar-refractivity contribution < 1.29 is 4.79 Å². The van der Waals surface area contributed by atoms with E-state index in [9.17, 15) is 4.79 Å². The topological polar surface area (TPSA) is 61.9 Å². The molecular weight excluding hydrogens is 336 g/mol. The number of pyridine rings is 1. The second-order valence-electron chi connectivity index (χ2n) is 7.51. The number of rotatable bonds is 4. The highest BCUT2D eigenvalue weighted by Crippen LogP contribution is 2.34. The first-order valence-electron chi connectivity index (χ1n) is 9.65. The predicted octanol–water partition coefficient (Wildman–Crippen LogP) is 3.63. The molecule has 0 spiro atoms. The van der Waals surface area contributed by atoms with E-state index in [4.69, 9.17) is 0 Å². The second kappa shape index (κ2) is 6.65. The number of nitrogens with one attached hydrogen (secondary N) is 1. The number of carbonyl (C=O) groups is 1. The fourth-order valence-corrected chi connectivity index (χ4v) is 4.07. The van der Waals surface area contributed by atoms with Gasteiger partial charge in [0.05, 0.1) is 6.20 Å². The molecule has 1 amide bonds. The Morgan fingerprint density at radius 1 is 0.963 bits per heavy atom. The molecule has 1 fully saturated rings. The molecule has 1 N–H and O–H groups in total. The molecule has 1 atom stereocenters. The van der Waals surface area contributed by atoms with E-state index in [0.29, 0.717) is 11.7 Å². The third-order valence-corrected chi connectivity index (χ3v) is 5.65. The highest BCUT2D eigenvalue weighted by Gasteiger charge is 2.39. The van der Waals surface area contributed by atoms with Crippen LogP contribution < -0.4 is 0 Å². The van der Waals surface area contributed by atoms with Crippen LogP contribution in [-0.4, -0.2) is 38.1 Å². The molecule has 1 saturated carbocycles. The fraction of sp³-hybridized carbons (Fsp3) is 0.318. The molecule has 0 saturated heterocycles. The van der Waals surface area contributed by atoms with E-state index in [1.165, 1.54) is 11.3 Å². The number of H-pyrrole nitrogens is 1. The molecule has 5 nitrogen and oxygen atoms in total. The Morgan fingerprint density at radius 3 is 2.56 bits per heavy atom. The van der Waals surface area contributed by atoms with E-state index in [1.54, 1.807) is 0 Å². The molecular formula is C22H22N4O. The predicted molar refractivity (Wildman–Crippen MR) is 103 cm³/mol. The van der Waals surface area contributed by atoms with Crippen LogP contribution in [0.15, 0.2) is 54.9 Å². The third-order valence-electron chi connectivity index (χ3n) is 5.65. The Hall–Kier alpha value is -2.95. The summed E-state index contributed by atoms with van der Waals surface area (Å²) < 4.78 is 0. The lowest BCUT2D eigenvalue weighted by Crippen LogP contribution is -2.45. The maximum atomic E-state index is 13.3. The van der Waals surface area contributed by atoms with Gasteiger partial charge in [0.1, 0.15) is 5.69 Å². The van der Waals surface area contributed by atoms with Crippen molar-refractivity contribution in [1.29, 1.82) is 0 Å². The number of aromatic nitrogens is 3. The molecule has 27 heavy (non-hydrogen) atoms. The molecule has 3 aromatic rings. The lowest BCUT2D eigenvalue weighted by Gasteiger charge is -2.34. The molecule has 2 aliphatic rings. The molecule has 1 aromatic carbocycles. The summed E-state index contributed by atoms with van der Waals surface area (Å²) in [4.78, 5) is 19.9. The number of aryl methyl sites for hydroxylation is 1. The van der Waals surface area contributed by atoms with Crippen LogP contribution in [0.1, 0.15) is 41.0 Å². The molecule has 2 heterocycles. The van der Waals surface area contributed by atoms with Crippen molar-refractivity contribution in [1.82, 2.24) is 20.1 Å². The number of aromatic amines is 1. The zero-order chi connectivity index (χ0) is 18.2. The minimum Gasteiger partial charge on any atom is -0.331 e. The van der Waals surface area contributed by atoms with Crippen molar-refractivity contribution in [2.24, 2.45) is 0 Å². The Labute approximate surface area is 158 Å². The minimum atomic E-state index is 0.0639. The quantitative estimate of drug-likeness (QED) is 0.775. The number of fused-ring (bicyclic) bond motifs is 1. The van der Waals surface area contributed by atoms with Gasteiger partial charge in [-0.1, -0.05) is 36.4 Å². The SMILES string of the molecule is O=C(c1ccc(-c2ccccc2)cn1)N(C1CC1)C1CCc2[nH]ncc2C1. The van der Waals surface area contributed by atoms with Crippen LogP contribution >= 0.6 is 0 Å². The van der Waals surface area contributed by atoms with Crippen LogP contribution in [0, 0.1) is 0 Å². The molecule has 2 aliphatic carbocycles. The summed E-state index contributed by atoms with van der Waals surface area (Å²) in [7, 11) is 0. The summed E-state index contributed by atoms with van der Waals surface area (Å²) in [5, 5.41) is 7.24. The Bertz CT molecular complexity index is 944. The first kappa shape index (κ1) is 16.2. The van der Waals surface area contributed by atoms with E-state index in [0.717, 1.165) is 43.2 Å². The van der Waals surface area contributed by atoms with Gasteiger partial charge in [-0.2, -0.15) is 5.10 Å². The molecule has 136 valence electrons. The van der Waals surface area contributed by atoms with Gasteiger partial charge < -0.3 is 4.90 Å². The van der Waals surface area contributed by atoms with Gasteiger partial charge in [-0.3, -0.25) is 14.9 Å². The average Bonchev–Trinajstić information content (AvgIpc) is 3.44. The average molecular weight is 358 g/mol. The first-order valence-corrected chi connectivity index (χ1v) is 9.65. The van der Waals surface area contributed by atoms with Gasteiger partial charge in [0.2, 0.25) is 0 Å². The standard InChI is InChI=1S/C22H22N4O/c27-22(21-10-6-16(13-23-21)15-4-2-1-3-5-15)26(18-7-8-18)19-9-11-20-17(12-19)14-24-25-20/h1-6,10,13-14,18-19H,7-9,11-12H2,(H,24,25). The Kier molecular flexibility index (Phi) is 4.00. The Balaban J connectivity index is 1.38. The molecule has 0 radical (unpaired) electrons. The Morgan fingerprint density at radius 2 is 1.81 bits per heavy atom. The zero-order valence-electron chi connectivity index (χ0n) is 15.1. The maximum Gasteiger partial charge on any atom is 0.272 e. The number of benzene rings is 1. The lowest BCUT2D eigenvalue weighted by molar-refractivity contribution is 0.0636. The number of hydrogen-bond donors (Lipinski definition) is 1. The second-order valence-corrected chi connectivity index (χ2v) is 7.51. The van der Waals surface area contributed by atoms with Gasteiger partial charge in [-0.05, 0) is 49.3 Å². The van der Waals surface area contributed by atoms with Gasteiger partial charge in [-0.25, -0.2) is 0 Å². The monoisotopic (exact) mass is 358 g/mol. The van der Waals surface area contributed by atoms with E-state index < -0.39 is 0 Å². The summed E-state index contributed by atoms with van der Waals surface area (Å²) in [6, 6.07) is 14.6. The van der Waals surface area contributed by atoms with Gasteiger partial charge >= 0.3 is 0 Å². The molecule has 0 bridgehead atoms. The van der Waals surface area contributed by atoms with Crippen molar-refractivity contribution >= 4 is 5.91 Å². The van der Waals surface area contributed by atoms with Crippen LogP contribution in [0.5, 0.6) is 0 Å². The van der Waals surface area contributed by atoms with Gasteiger partial charge in [-0.15, -0.1) is 0 Å². The van der Waals surface area contributed by atoms with E-state index in [1.807, 2.05) is 42.7 Å².